The molecular formula is C18H26FN3O4S. The molecule has 2 heterocycles. The van der Waals surface area contributed by atoms with E-state index in [-0.39, 0.29) is 6.10 Å². The minimum atomic E-state index is -0.840. The van der Waals surface area contributed by atoms with Gasteiger partial charge in [0.25, 0.3) is 0 Å². The predicted molar refractivity (Wildman–Crippen MR) is 100 cm³/mol. The molecule has 1 saturated carbocycles. The van der Waals surface area contributed by atoms with Crippen molar-refractivity contribution in [3.63, 3.8) is 0 Å². The number of rotatable bonds is 4. The summed E-state index contributed by atoms with van der Waals surface area (Å²) in [6, 6.07) is 0. The van der Waals surface area contributed by atoms with Crippen molar-refractivity contribution in [2.75, 3.05) is 11.5 Å². The molecule has 27 heavy (non-hydrogen) atoms. The van der Waals surface area contributed by atoms with Gasteiger partial charge >= 0.3 is 11.7 Å². The van der Waals surface area contributed by atoms with Crippen molar-refractivity contribution in [2.45, 2.75) is 57.8 Å². The van der Waals surface area contributed by atoms with Crippen LogP contribution < -0.4 is 11.4 Å². The zero-order valence-electron chi connectivity index (χ0n) is 15.8. The molecule has 9 heteroatoms. The Bertz CT molecular complexity index is 757. The van der Waals surface area contributed by atoms with Crippen molar-refractivity contribution in [3.8, 4) is 0 Å². The summed E-state index contributed by atoms with van der Waals surface area (Å²) in [5.41, 5.74) is 3.74. The lowest BCUT2D eigenvalue weighted by Crippen LogP contribution is -2.38. The Balaban J connectivity index is 1.65. The number of carbonyl (C=O) groups is 1. The zero-order chi connectivity index (χ0) is 19.7. The third kappa shape index (κ3) is 4.45. The van der Waals surface area contributed by atoms with Crippen LogP contribution in [0.5, 0.6) is 0 Å². The molecule has 0 radical (unpaired) electrons. The summed E-state index contributed by atoms with van der Waals surface area (Å²) in [7, 11) is 0. The van der Waals surface area contributed by atoms with Gasteiger partial charge in [0.15, 0.2) is 11.6 Å². The van der Waals surface area contributed by atoms with Gasteiger partial charge in [-0.05, 0) is 30.6 Å². The molecule has 0 amide bonds. The second kappa shape index (κ2) is 8.18. The number of esters is 1. The van der Waals surface area contributed by atoms with Gasteiger partial charge in [-0.15, -0.1) is 11.8 Å². The topological polar surface area (TPSA) is 96.4 Å². The van der Waals surface area contributed by atoms with Gasteiger partial charge in [0.2, 0.25) is 5.44 Å². The Morgan fingerprint density at radius 3 is 2.93 bits per heavy atom. The molecule has 0 spiro atoms. The second-order valence-corrected chi connectivity index (χ2v) is 8.82. The van der Waals surface area contributed by atoms with E-state index in [1.165, 1.54) is 11.8 Å². The maximum Gasteiger partial charge on any atom is 0.351 e. The molecule has 1 aliphatic carbocycles. The summed E-state index contributed by atoms with van der Waals surface area (Å²) in [4.78, 5) is 28.0. The smallest absolute Gasteiger partial charge is 0.351 e. The average molecular weight is 399 g/mol. The lowest BCUT2D eigenvalue weighted by atomic mass is 9.75. The van der Waals surface area contributed by atoms with Crippen LogP contribution in [0.25, 0.3) is 0 Å². The lowest BCUT2D eigenvalue weighted by molar-refractivity contribution is -0.166. The maximum absolute atomic E-state index is 13.6. The number of nitrogens with zero attached hydrogens (tertiary/aromatic N) is 2. The molecule has 0 aromatic carbocycles. The number of aromatic nitrogens is 2. The number of halogens is 1. The van der Waals surface area contributed by atoms with E-state index >= 15 is 0 Å². The summed E-state index contributed by atoms with van der Waals surface area (Å²) in [6.07, 6.45) is 3.09. The molecule has 2 fully saturated rings. The zero-order valence-corrected chi connectivity index (χ0v) is 16.6. The van der Waals surface area contributed by atoms with E-state index in [1.807, 2.05) is 0 Å². The molecule has 3 rings (SSSR count). The number of nitrogen functional groups attached to an aromatic ring is 1. The van der Waals surface area contributed by atoms with Crippen molar-refractivity contribution < 1.29 is 18.7 Å². The first-order valence-corrected chi connectivity index (χ1v) is 10.3. The van der Waals surface area contributed by atoms with Crippen LogP contribution in [0.15, 0.2) is 11.0 Å². The normalized spacial score (nSPS) is 31.2. The number of nitrogens with two attached hydrogens (primary N) is 1. The molecule has 0 unspecified atom stereocenters. The van der Waals surface area contributed by atoms with Crippen LogP contribution in [0.3, 0.4) is 0 Å². The molecule has 1 aliphatic heterocycles. The van der Waals surface area contributed by atoms with Gasteiger partial charge in [-0.25, -0.2) is 14.0 Å². The van der Waals surface area contributed by atoms with Gasteiger partial charge in [0.1, 0.15) is 12.3 Å². The number of anilines is 1. The third-order valence-corrected chi connectivity index (χ3v) is 6.42. The fourth-order valence-corrected chi connectivity index (χ4v) is 4.76. The van der Waals surface area contributed by atoms with E-state index in [2.05, 4.69) is 25.8 Å². The molecule has 1 saturated heterocycles. The van der Waals surface area contributed by atoms with E-state index < -0.39 is 35.0 Å². The van der Waals surface area contributed by atoms with Crippen molar-refractivity contribution in [1.29, 1.82) is 0 Å². The van der Waals surface area contributed by atoms with Crippen LogP contribution in [-0.4, -0.2) is 32.8 Å². The van der Waals surface area contributed by atoms with Gasteiger partial charge < -0.3 is 15.2 Å². The van der Waals surface area contributed by atoms with Crippen molar-refractivity contribution >= 4 is 23.5 Å². The van der Waals surface area contributed by atoms with Crippen LogP contribution in [-0.2, 0) is 14.3 Å². The standard InChI is InChI=1S/C18H26FN3O4S/c1-9(2)11-5-4-10(3)6-13(11)25-16(23)17-26-14(8-27-17)22-7-12(19)15(20)21-18(22)24/h7,9-11,13-14,17H,4-6,8H2,1-3H3,(H2,20,21,24)/t10-,11-,13-,14+,17+/m0/s1. The lowest BCUT2D eigenvalue weighted by Gasteiger charge is -2.37. The Hall–Kier alpha value is -1.61. The summed E-state index contributed by atoms with van der Waals surface area (Å²) in [5.74, 6) is -0.0872. The highest BCUT2D eigenvalue weighted by molar-refractivity contribution is 8.00. The average Bonchev–Trinajstić information content (AvgIpc) is 3.08. The van der Waals surface area contributed by atoms with E-state index in [1.54, 1.807) is 0 Å². The quantitative estimate of drug-likeness (QED) is 0.777. The molecule has 150 valence electrons. The van der Waals surface area contributed by atoms with E-state index in [0.717, 1.165) is 30.0 Å². The minimum Gasteiger partial charge on any atom is -0.459 e. The Labute approximate surface area is 161 Å². The molecule has 0 bridgehead atoms. The number of thioether (sulfide) groups is 1. The van der Waals surface area contributed by atoms with Gasteiger partial charge in [-0.1, -0.05) is 27.2 Å². The monoisotopic (exact) mass is 399 g/mol. The largest absolute Gasteiger partial charge is 0.459 e. The number of ether oxygens (including phenoxy) is 2. The van der Waals surface area contributed by atoms with Crippen molar-refractivity contribution in [1.82, 2.24) is 9.55 Å². The Kier molecular flexibility index (Phi) is 6.10. The van der Waals surface area contributed by atoms with E-state index in [0.29, 0.717) is 23.5 Å². The summed E-state index contributed by atoms with van der Waals surface area (Å²) in [5, 5.41) is 0. The highest BCUT2D eigenvalue weighted by Crippen LogP contribution is 2.37. The molecular weight excluding hydrogens is 373 g/mol. The molecule has 5 atom stereocenters. The fourth-order valence-electron chi connectivity index (χ4n) is 3.78. The van der Waals surface area contributed by atoms with E-state index in [9.17, 15) is 14.0 Å². The summed E-state index contributed by atoms with van der Waals surface area (Å²) in [6.45, 7) is 6.46. The molecule has 1 aromatic rings. The molecule has 1 aromatic heterocycles. The fraction of sp³-hybridized carbons (Fsp3) is 0.722. The van der Waals surface area contributed by atoms with Crippen LogP contribution in [0.4, 0.5) is 10.2 Å². The van der Waals surface area contributed by atoms with Crippen LogP contribution in [0.1, 0.15) is 46.3 Å². The Morgan fingerprint density at radius 1 is 1.48 bits per heavy atom. The molecule has 7 nitrogen and oxygen atoms in total. The van der Waals surface area contributed by atoms with Gasteiger partial charge in [-0.3, -0.25) is 4.57 Å². The minimum absolute atomic E-state index is 0.122. The van der Waals surface area contributed by atoms with E-state index in [4.69, 9.17) is 15.2 Å². The van der Waals surface area contributed by atoms with Gasteiger partial charge in [0, 0.05) is 5.75 Å². The van der Waals surface area contributed by atoms with Gasteiger partial charge in [0.05, 0.1) is 6.20 Å². The number of hydrogen-bond donors (Lipinski definition) is 1. The van der Waals surface area contributed by atoms with Crippen molar-refractivity contribution in [3.05, 3.63) is 22.5 Å². The summed E-state index contributed by atoms with van der Waals surface area (Å²) < 4.78 is 26.1. The first-order chi connectivity index (χ1) is 12.8. The predicted octanol–water partition coefficient (Wildman–Crippen LogP) is 2.56. The molecule has 2 N–H and O–H groups in total. The number of hydrogen-bond acceptors (Lipinski definition) is 7. The highest BCUT2D eigenvalue weighted by Gasteiger charge is 2.39. The SMILES string of the molecule is CC(C)[C@@H]1CC[C@H](C)C[C@@H]1OC(=O)[C@@H]1O[C@@H](n2cc(F)c(N)nc2=O)CS1. The Morgan fingerprint density at radius 2 is 2.22 bits per heavy atom. The van der Waals surface area contributed by atoms with Crippen LogP contribution in [0, 0.1) is 23.6 Å². The third-order valence-electron chi connectivity index (χ3n) is 5.34. The molecule has 2 aliphatic rings. The van der Waals surface area contributed by atoms with Crippen LogP contribution >= 0.6 is 11.8 Å². The second-order valence-electron chi connectivity index (χ2n) is 7.72. The maximum atomic E-state index is 13.6. The first kappa shape index (κ1) is 20.1. The number of carbonyl (C=O) groups excluding carboxylic acids is 1. The van der Waals surface area contributed by atoms with Gasteiger partial charge in [-0.2, -0.15) is 4.98 Å². The highest BCUT2D eigenvalue weighted by atomic mass is 32.2. The summed E-state index contributed by atoms with van der Waals surface area (Å²) >= 11 is 1.23. The van der Waals surface area contributed by atoms with Crippen molar-refractivity contribution in [2.24, 2.45) is 17.8 Å². The first-order valence-electron chi connectivity index (χ1n) is 9.28. The van der Waals surface area contributed by atoms with Crippen LogP contribution in [0.2, 0.25) is 0 Å².